The van der Waals surface area contributed by atoms with Gasteiger partial charge in [0.1, 0.15) is 5.82 Å². The number of hydrogen-bond acceptors (Lipinski definition) is 5. The van der Waals surface area contributed by atoms with E-state index in [9.17, 15) is 19.2 Å². The van der Waals surface area contributed by atoms with Crippen LogP contribution < -0.4 is 26.8 Å². The summed E-state index contributed by atoms with van der Waals surface area (Å²) in [4.78, 5) is 56.2. The largest absolute Gasteiger partial charge is 0.383 e. The van der Waals surface area contributed by atoms with Crippen LogP contribution in [-0.2, 0) is 16.1 Å². The van der Waals surface area contributed by atoms with Gasteiger partial charge in [0.2, 0.25) is 11.8 Å². The minimum atomic E-state index is -0.714. The van der Waals surface area contributed by atoms with E-state index < -0.39 is 17.2 Å². The van der Waals surface area contributed by atoms with Gasteiger partial charge in [-0.25, -0.2) is 4.79 Å². The van der Waals surface area contributed by atoms with Gasteiger partial charge in [0.25, 0.3) is 5.56 Å². The van der Waals surface area contributed by atoms with E-state index in [1.165, 1.54) is 14.4 Å². The number of para-hydroxylation sites is 1. The number of rotatable bonds is 8. The molecular weight excluding hydrogens is 434 g/mol. The Balaban J connectivity index is 1.95. The third-order valence-electron chi connectivity index (χ3n) is 5.55. The second kappa shape index (κ2) is 10.0. The molecule has 32 heavy (non-hydrogen) atoms. The minimum absolute atomic E-state index is 0.00243. The smallest absolute Gasteiger partial charge is 0.330 e. The number of H-pyrrole nitrogens is 1. The number of amides is 2. The standard InChI is InChI=1S/C22H28ClN5O4/c1-3-5-11-27-19(24)18(20(30)25-22(27)32)26(10-4-2)21(31)14-12-17(29)28(13-14)16-9-7-6-8-15(16)23/h6-9,14H,3-5,10-13,24H2,1-2H3,(H,25,30,32). The van der Waals surface area contributed by atoms with Crippen LogP contribution in [0.25, 0.3) is 0 Å². The summed E-state index contributed by atoms with van der Waals surface area (Å²) in [5.74, 6) is -1.31. The van der Waals surface area contributed by atoms with Gasteiger partial charge in [-0.05, 0) is 25.0 Å². The molecule has 2 amide bonds. The maximum Gasteiger partial charge on any atom is 0.330 e. The molecule has 10 heteroatoms. The lowest BCUT2D eigenvalue weighted by Gasteiger charge is -2.26. The van der Waals surface area contributed by atoms with Gasteiger partial charge in [-0.3, -0.25) is 23.9 Å². The summed E-state index contributed by atoms with van der Waals surface area (Å²) in [7, 11) is 0. The molecule has 3 N–H and O–H groups in total. The fourth-order valence-corrected chi connectivity index (χ4v) is 4.17. The summed E-state index contributed by atoms with van der Waals surface area (Å²) in [6.45, 7) is 4.56. The Morgan fingerprint density at radius 2 is 1.94 bits per heavy atom. The Morgan fingerprint density at radius 3 is 2.59 bits per heavy atom. The number of unbranched alkanes of at least 4 members (excludes halogenated alkanes) is 1. The van der Waals surface area contributed by atoms with Gasteiger partial charge in [-0.2, -0.15) is 0 Å². The lowest BCUT2D eigenvalue weighted by Crippen LogP contribution is -2.44. The summed E-state index contributed by atoms with van der Waals surface area (Å²) in [6, 6.07) is 6.94. The van der Waals surface area contributed by atoms with E-state index >= 15 is 0 Å². The normalized spacial score (nSPS) is 15.9. The summed E-state index contributed by atoms with van der Waals surface area (Å²) < 4.78 is 1.28. The van der Waals surface area contributed by atoms with E-state index in [1.54, 1.807) is 24.3 Å². The molecule has 0 bridgehead atoms. The van der Waals surface area contributed by atoms with Gasteiger partial charge in [-0.1, -0.05) is 44.0 Å². The zero-order valence-electron chi connectivity index (χ0n) is 18.3. The van der Waals surface area contributed by atoms with Crippen molar-refractivity contribution in [3.05, 3.63) is 50.1 Å². The predicted octanol–water partition coefficient (Wildman–Crippen LogP) is 2.37. The second-order valence-electron chi connectivity index (χ2n) is 7.84. The lowest BCUT2D eigenvalue weighted by atomic mass is 10.1. The number of aromatic nitrogens is 2. The van der Waals surface area contributed by atoms with E-state index in [1.807, 2.05) is 13.8 Å². The van der Waals surface area contributed by atoms with Crippen molar-refractivity contribution in [3.63, 3.8) is 0 Å². The topological polar surface area (TPSA) is 121 Å². The number of carbonyl (C=O) groups excluding carboxylic acids is 2. The predicted molar refractivity (Wildman–Crippen MR) is 125 cm³/mol. The summed E-state index contributed by atoms with van der Waals surface area (Å²) in [6.07, 6.45) is 2.09. The Hall–Kier alpha value is -3.07. The second-order valence-corrected chi connectivity index (χ2v) is 8.25. The fraction of sp³-hybridized carbons (Fsp3) is 0.455. The number of nitrogen functional groups attached to an aromatic ring is 1. The van der Waals surface area contributed by atoms with Crippen LogP contribution >= 0.6 is 11.6 Å². The number of aromatic amines is 1. The molecular formula is C22H28ClN5O4. The molecule has 1 atom stereocenters. The van der Waals surface area contributed by atoms with Crippen LogP contribution in [0.1, 0.15) is 39.5 Å². The van der Waals surface area contributed by atoms with Crippen molar-refractivity contribution in [3.8, 4) is 0 Å². The number of benzene rings is 1. The van der Waals surface area contributed by atoms with Crippen LogP contribution in [0.2, 0.25) is 5.02 Å². The first-order valence-corrected chi connectivity index (χ1v) is 11.2. The first kappa shape index (κ1) is 23.6. The van der Waals surface area contributed by atoms with E-state index in [0.717, 1.165) is 6.42 Å². The van der Waals surface area contributed by atoms with Crippen molar-refractivity contribution < 1.29 is 9.59 Å². The average molecular weight is 462 g/mol. The van der Waals surface area contributed by atoms with Crippen molar-refractivity contribution >= 4 is 40.6 Å². The number of hydrogen-bond donors (Lipinski definition) is 2. The zero-order chi connectivity index (χ0) is 23.4. The first-order valence-electron chi connectivity index (χ1n) is 10.8. The third kappa shape index (κ3) is 4.57. The van der Waals surface area contributed by atoms with Crippen molar-refractivity contribution in [1.29, 1.82) is 0 Å². The molecule has 1 aromatic heterocycles. The van der Waals surface area contributed by atoms with Crippen LogP contribution in [0.3, 0.4) is 0 Å². The van der Waals surface area contributed by atoms with Crippen LogP contribution in [0.4, 0.5) is 17.2 Å². The SMILES string of the molecule is CCCCn1c(N)c(N(CCC)C(=O)C2CC(=O)N(c3ccccc3Cl)C2)c(=O)[nH]c1=O. The van der Waals surface area contributed by atoms with Gasteiger partial charge in [0.05, 0.1) is 16.6 Å². The highest BCUT2D eigenvalue weighted by atomic mass is 35.5. The van der Waals surface area contributed by atoms with E-state index in [-0.39, 0.29) is 42.8 Å². The van der Waals surface area contributed by atoms with Gasteiger partial charge in [-0.15, -0.1) is 0 Å². The molecule has 1 saturated heterocycles. The molecule has 1 fully saturated rings. The maximum atomic E-state index is 13.5. The zero-order valence-corrected chi connectivity index (χ0v) is 19.0. The molecule has 1 aliphatic rings. The number of halogens is 1. The monoisotopic (exact) mass is 461 g/mol. The number of nitrogens with zero attached hydrogens (tertiary/aromatic N) is 3. The molecule has 9 nitrogen and oxygen atoms in total. The number of anilines is 3. The molecule has 1 unspecified atom stereocenters. The summed E-state index contributed by atoms with van der Waals surface area (Å²) >= 11 is 6.24. The highest BCUT2D eigenvalue weighted by Gasteiger charge is 2.39. The fourth-order valence-electron chi connectivity index (χ4n) is 3.93. The quantitative estimate of drug-likeness (QED) is 0.625. The Bertz CT molecular complexity index is 1130. The number of nitrogens with one attached hydrogen (secondary N) is 1. The van der Waals surface area contributed by atoms with Crippen molar-refractivity contribution in [1.82, 2.24) is 9.55 Å². The summed E-state index contributed by atoms with van der Waals surface area (Å²) in [5, 5.41) is 0.419. The molecule has 2 aromatic rings. The number of carbonyl (C=O) groups is 2. The Morgan fingerprint density at radius 1 is 1.22 bits per heavy atom. The van der Waals surface area contributed by atoms with Gasteiger partial charge in [0, 0.05) is 26.1 Å². The van der Waals surface area contributed by atoms with Crippen LogP contribution in [0, 0.1) is 5.92 Å². The van der Waals surface area contributed by atoms with Crippen molar-refractivity contribution in [2.75, 3.05) is 28.6 Å². The molecule has 172 valence electrons. The minimum Gasteiger partial charge on any atom is -0.383 e. The highest BCUT2D eigenvalue weighted by Crippen LogP contribution is 2.32. The van der Waals surface area contributed by atoms with Crippen molar-refractivity contribution in [2.24, 2.45) is 5.92 Å². The van der Waals surface area contributed by atoms with E-state index in [2.05, 4.69) is 4.98 Å². The number of nitrogens with two attached hydrogens (primary N) is 1. The molecule has 0 saturated carbocycles. The van der Waals surface area contributed by atoms with Crippen LogP contribution in [0.15, 0.2) is 33.9 Å². The van der Waals surface area contributed by atoms with Crippen LogP contribution in [-0.4, -0.2) is 34.5 Å². The summed E-state index contributed by atoms with van der Waals surface area (Å²) in [5.41, 5.74) is 5.40. The van der Waals surface area contributed by atoms with Crippen LogP contribution in [0.5, 0.6) is 0 Å². The molecule has 0 spiro atoms. The highest BCUT2D eigenvalue weighted by molar-refractivity contribution is 6.34. The molecule has 0 radical (unpaired) electrons. The Labute approximate surface area is 190 Å². The maximum absolute atomic E-state index is 13.5. The van der Waals surface area contributed by atoms with Gasteiger partial charge < -0.3 is 15.5 Å². The van der Waals surface area contributed by atoms with E-state index in [0.29, 0.717) is 30.1 Å². The molecule has 0 aliphatic carbocycles. The third-order valence-corrected chi connectivity index (χ3v) is 5.87. The molecule has 1 aromatic carbocycles. The van der Waals surface area contributed by atoms with E-state index in [4.69, 9.17) is 17.3 Å². The lowest BCUT2D eigenvalue weighted by molar-refractivity contribution is -0.124. The molecule has 2 heterocycles. The first-order chi connectivity index (χ1) is 15.3. The van der Waals surface area contributed by atoms with Crippen molar-refractivity contribution in [2.45, 2.75) is 46.1 Å². The van der Waals surface area contributed by atoms with Gasteiger partial charge in [0.15, 0.2) is 5.69 Å². The molecule has 3 rings (SSSR count). The Kier molecular flexibility index (Phi) is 7.40. The van der Waals surface area contributed by atoms with Gasteiger partial charge >= 0.3 is 5.69 Å². The average Bonchev–Trinajstić information content (AvgIpc) is 3.14. The molecule has 1 aliphatic heterocycles.